The summed E-state index contributed by atoms with van der Waals surface area (Å²) in [6.07, 6.45) is 1.10. The molecule has 1 aromatic rings. The molecule has 5 heteroatoms. The number of hydrogen-bond donors (Lipinski definition) is 1. The van der Waals surface area contributed by atoms with Crippen LogP contribution in [-0.4, -0.2) is 54.9 Å². The van der Waals surface area contributed by atoms with Gasteiger partial charge < -0.3 is 10.1 Å². The Labute approximate surface area is 130 Å². The third-order valence-corrected chi connectivity index (χ3v) is 5.37. The van der Waals surface area contributed by atoms with Crippen LogP contribution in [0.15, 0.2) is 29.2 Å². The molecule has 2 unspecified atom stereocenters. The van der Waals surface area contributed by atoms with E-state index in [4.69, 9.17) is 4.74 Å². The number of benzene rings is 1. The van der Waals surface area contributed by atoms with E-state index in [1.54, 1.807) is 0 Å². The van der Waals surface area contributed by atoms with Crippen LogP contribution in [0.2, 0.25) is 0 Å². The molecule has 0 aromatic heterocycles. The first kappa shape index (κ1) is 14.9. The van der Waals surface area contributed by atoms with Gasteiger partial charge >= 0.3 is 5.97 Å². The number of ether oxygens (including phenoxy) is 1. The van der Waals surface area contributed by atoms with E-state index in [0.29, 0.717) is 18.4 Å². The average molecular weight is 306 g/mol. The van der Waals surface area contributed by atoms with Crippen molar-refractivity contribution in [1.82, 2.24) is 10.2 Å². The third kappa shape index (κ3) is 3.42. The summed E-state index contributed by atoms with van der Waals surface area (Å²) in [5, 5.41) is 3.84. The number of carbonyl (C=O) groups excluding carboxylic acids is 1. The Bertz CT molecular complexity index is 484. The van der Waals surface area contributed by atoms with Crippen LogP contribution in [-0.2, 0) is 16.0 Å². The molecule has 0 saturated carbocycles. The standard InChI is InChI=1S/C16H22N2O2S/c1-2-20-16(19)14-10-17-7-8-18(14)11-13-9-12-5-3-4-6-15(12)21-13/h3-6,13-14,17H,2,7-11H2,1H3. The summed E-state index contributed by atoms with van der Waals surface area (Å²) >= 11 is 1.94. The minimum atomic E-state index is -0.136. The summed E-state index contributed by atoms with van der Waals surface area (Å²) in [6, 6.07) is 8.47. The van der Waals surface area contributed by atoms with Crippen LogP contribution in [0.5, 0.6) is 0 Å². The molecule has 4 nitrogen and oxygen atoms in total. The smallest absolute Gasteiger partial charge is 0.324 e. The van der Waals surface area contributed by atoms with Crippen molar-refractivity contribution in [3.05, 3.63) is 29.8 Å². The first-order valence-electron chi connectivity index (χ1n) is 7.64. The summed E-state index contributed by atoms with van der Waals surface area (Å²) < 4.78 is 5.21. The van der Waals surface area contributed by atoms with Crippen LogP contribution in [0.4, 0.5) is 0 Å². The highest BCUT2D eigenvalue weighted by atomic mass is 32.2. The van der Waals surface area contributed by atoms with Crippen molar-refractivity contribution in [2.45, 2.75) is 29.5 Å². The summed E-state index contributed by atoms with van der Waals surface area (Å²) in [5.41, 5.74) is 1.44. The molecular formula is C16H22N2O2S. The SMILES string of the molecule is CCOC(=O)C1CNCCN1CC1Cc2ccccc2S1. The van der Waals surface area contributed by atoms with Gasteiger partial charge in [0, 0.05) is 36.3 Å². The van der Waals surface area contributed by atoms with Crippen molar-refractivity contribution in [1.29, 1.82) is 0 Å². The second-order valence-corrected chi connectivity index (χ2v) is 6.86. The summed E-state index contributed by atoms with van der Waals surface area (Å²) in [6.45, 7) is 5.82. The molecule has 1 fully saturated rings. The summed E-state index contributed by atoms with van der Waals surface area (Å²) in [7, 11) is 0. The molecule has 0 amide bonds. The van der Waals surface area contributed by atoms with Gasteiger partial charge in [0.15, 0.2) is 0 Å². The van der Waals surface area contributed by atoms with Crippen molar-refractivity contribution in [3.8, 4) is 0 Å². The minimum Gasteiger partial charge on any atom is -0.465 e. The van der Waals surface area contributed by atoms with E-state index in [9.17, 15) is 4.79 Å². The van der Waals surface area contributed by atoms with Gasteiger partial charge in [0.2, 0.25) is 0 Å². The highest BCUT2D eigenvalue weighted by Gasteiger charge is 2.33. The van der Waals surface area contributed by atoms with Gasteiger partial charge in [0.1, 0.15) is 6.04 Å². The Morgan fingerprint density at radius 1 is 1.48 bits per heavy atom. The van der Waals surface area contributed by atoms with Gasteiger partial charge in [0.25, 0.3) is 0 Å². The zero-order valence-electron chi connectivity index (χ0n) is 12.4. The van der Waals surface area contributed by atoms with E-state index < -0.39 is 0 Å². The van der Waals surface area contributed by atoms with E-state index in [2.05, 4.69) is 34.5 Å². The lowest BCUT2D eigenvalue weighted by atomic mass is 10.1. The first-order chi connectivity index (χ1) is 10.3. The van der Waals surface area contributed by atoms with Crippen molar-refractivity contribution >= 4 is 17.7 Å². The fourth-order valence-electron chi connectivity index (χ4n) is 3.05. The van der Waals surface area contributed by atoms with Crippen molar-refractivity contribution < 1.29 is 9.53 Å². The quantitative estimate of drug-likeness (QED) is 0.855. The van der Waals surface area contributed by atoms with Gasteiger partial charge in [-0.3, -0.25) is 9.69 Å². The van der Waals surface area contributed by atoms with E-state index in [1.165, 1.54) is 10.5 Å². The molecule has 0 aliphatic carbocycles. The number of hydrogen-bond acceptors (Lipinski definition) is 5. The molecule has 2 aliphatic rings. The van der Waals surface area contributed by atoms with Crippen molar-refractivity contribution in [2.75, 3.05) is 32.8 Å². The monoisotopic (exact) mass is 306 g/mol. The van der Waals surface area contributed by atoms with Gasteiger partial charge in [0.05, 0.1) is 6.61 Å². The number of fused-ring (bicyclic) bond motifs is 1. The molecule has 1 N–H and O–H groups in total. The second kappa shape index (κ2) is 6.81. The van der Waals surface area contributed by atoms with Gasteiger partial charge in [-0.2, -0.15) is 0 Å². The molecule has 0 radical (unpaired) electrons. The van der Waals surface area contributed by atoms with Crippen LogP contribution in [0.1, 0.15) is 12.5 Å². The Kier molecular flexibility index (Phi) is 4.83. The van der Waals surface area contributed by atoms with Gasteiger partial charge in [-0.1, -0.05) is 18.2 Å². The number of nitrogens with zero attached hydrogens (tertiary/aromatic N) is 1. The van der Waals surface area contributed by atoms with Crippen LogP contribution in [0, 0.1) is 0 Å². The molecule has 2 atom stereocenters. The molecular weight excluding hydrogens is 284 g/mol. The predicted molar refractivity (Wildman–Crippen MR) is 84.7 cm³/mol. The summed E-state index contributed by atoms with van der Waals surface area (Å²) in [4.78, 5) is 15.8. The Balaban J connectivity index is 1.62. The normalized spacial score (nSPS) is 25.6. The maximum atomic E-state index is 12.1. The fraction of sp³-hybridized carbons (Fsp3) is 0.562. The molecule has 3 rings (SSSR count). The number of nitrogens with one attached hydrogen (secondary N) is 1. The van der Waals surface area contributed by atoms with Gasteiger partial charge in [-0.05, 0) is 25.0 Å². The minimum absolute atomic E-state index is 0.0924. The Morgan fingerprint density at radius 2 is 2.33 bits per heavy atom. The lowest BCUT2D eigenvalue weighted by molar-refractivity contribution is -0.150. The molecule has 1 saturated heterocycles. The molecule has 2 aliphatic heterocycles. The van der Waals surface area contributed by atoms with Crippen LogP contribution in [0.25, 0.3) is 0 Å². The van der Waals surface area contributed by atoms with E-state index in [-0.39, 0.29) is 12.0 Å². The van der Waals surface area contributed by atoms with Gasteiger partial charge in [-0.25, -0.2) is 0 Å². The maximum Gasteiger partial charge on any atom is 0.324 e. The van der Waals surface area contributed by atoms with E-state index >= 15 is 0 Å². The lowest BCUT2D eigenvalue weighted by Crippen LogP contribution is -2.56. The zero-order chi connectivity index (χ0) is 14.7. The first-order valence-corrected chi connectivity index (χ1v) is 8.52. The highest BCUT2D eigenvalue weighted by molar-refractivity contribution is 8.00. The largest absolute Gasteiger partial charge is 0.465 e. The number of rotatable bonds is 4. The predicted octanol–water partition coefficient (Wildman–Crippen LogP) is 1.54. The van der Waals surface area contributed by atoms with Crippen LogP contribution >= 0.6 is 11.8 Å². The van der Waals surface area contributed by atoms with Crippen molar-refractivity contribution in [2.24, 2.45) is 0 Å². The Hall–Kier alpha value is -1.04. The zero-order valence-corrected chi connectivity index (χ0v) is 13.2. The topological polar surface area (TPSA) is 41.6 Å². The number of thioether (sulfide) groups is 1. The maximum absolute atomic E-state index is 12.1. The average Bonchev–Trinajstić information content (AvgIpc) is 2.90. The van der Waals surface area contributed by atoms with Crippen LogP contribution < -0.4 is 5.32 Å². The number of carbonyl (C=O) groups is 1. The summed E-state index contributed by atoms with van der Waals surface area (Å²) in [5.74, 6) is -0.0924. The molecule has 2 heterocycles. The van der Waals surface area contributed by atoms with Gasteiger partial charge in [-0.15, -0.1) is 11.8 Å². The van der Waals surface area contributed by atoms with Crippen molar-refractivity contribution in [3.63, 3.8) is 0 Å². The fourth-order valence-corrected chi connectivity index (χ4v) is 4.40. The lowest BCUT2D eigenvalue weighted by Gasteiger charge is -2.35. The molecule has 0 spiro atoms. The second-order valence-electron chi connectivity index (χ2n) is 5.52. The Morgan fingerprint density at radius 3 is 3.14 bits per heavy atom. The molecule has 114 valence electrons. The van der Waals surface area contributed by atoms with E-state index in [1.807, 2.05) is 18.7 Å². The molecule has 21 heavy (non-hydrogen) atoms. The van der Waals surface area contributed by atoms with Crippen LogP contribution in [0.3, 0.4) is 0 Å². The number of esters is 1. The third-order valence-electron chi connectivity index (χ3n) is 4.06. The van der Waals surface area contributed by atoms with E-state index in [0.717, 1.165) is 26.1 Å². The molecule has 0 bridgehead atoms. The molecule has 1 aromatic carbocycles. The number of piperazine rings is 1. The highest BCUT2D eigenvalue weighted by Crippen LogP contribution is 2.37.